The van der Waals surface area contributed by atoms with Crippen LogP contribution in [-0.2, 0) is 9.53 Å². The van der Waals surface area contributed by atoms with Crippen molar-refractivity contribution in [2.45, 2.75) is 6.92 Å². The minimum absolute atomic E-state index is 0.0461. The second kappa shape index (κ2) is 9.61. The van der Waals surface area contributed by atoms with E-state index in [0.717, 1.165) is 17.1 Å². The van der Waals surface area contributed by atoms with Gasteiger partial charge in [-0.2, -0.15) is 0 Å². The van der Waals surface area contributed by atoms with Crippen molar-refractivity contribution in [1.82, 2.24) is 9.47 Å². The summed E-state index contributed by atoms with van der Waals surface area (Å²) in [5.41, 5.74) is 2.82. The van der Waals surface area contributed by atoms with Crippen LogP contribution in [0.1, 0.15) is 12.6 Å². The Kier molecular flexibility index (Phi) is 6.47. The second-order valence-electron chi connectivity index (χ2n) is 6.63. The van der Waals surface area contributed by atoms with Gasteiger partial charge in [0, 0.05) is 24.2 Å². The van der Waals surface area contributed by atoms with Gasteiger partial charge in [0.2, 0.25) is 0 Å². The molecule has 0 spiro atoms. The summed E-state index contributed by atoms with van der Waals surface area (Å²) < 4.78 is 7.55. The van der Waals surface area contributed by atoms with Crippen LogP contribution < -0.4 is 0 Å². The highest BCUT2D eigenvalue weighted by Crippen LogP contribution is 2.34. The highest BCUT2D eigenvalue weighted by atomic mass is 32.2. The highest BCUT2D eigenvalue weighted by molar-refractivity contribution is 8.18. The van der Waals surface area contributed by atoms with Crippen LogP contribution in [0, 0.1) is 0 Å². The van der Waals surface area contributed by atoms with Gasteiger partial charge in [0.25, 0.3) is 5.91 Å². The first-order chi connectivity index (χ1) is 14.8. The molecular weight excluding hydrogens is 394 g/mol. The van der Waals surface area contributed by atoms with E-state index in [9.17, 15) is 4.79 Å². The lowest BCUT2D eigenvalue weighted by Gasteiger charge is -2.15. The largest absolute Gasteiger partial charge is 0.380 e. The normalized spacial score (nSPS) is 16.7. The Bertz CT molecular complexity index is 1060. The first-order valence-electron chi connectivity index (χ1n) is 9.92. The highest BCUT2D eigenvalue weighted by Gasteiger charge is 2.33. The molecule has 3 aromatic rings. The van der Waals surface area contributed by atoms with Crippen LogP contribution in [0.4, 0.5) is 5.69 Å². The fourth-order valence-corrected chi connectivity index (χ4v) is 4.18. The average Bonchev–Trinajstić information content (AvgIpc) is 3.35. The van der Waals surface area contributed by atoms with Gasteiger partial charge in [0.05, 0.1) is 23.7 Å². The van der Waals surface area contributed by atoms with Gasteiger partial charge >= 0.3 is 0 Å². The van der Waals surface area contributed by atoms with Crippen molar-refractivity contribution < 1.29 is 9.53 Å². The van der Waals surface area contributed by atoms with Gasteiger partial charge in [-0.3, -0.25) is 9.69 Å². The zero-order valence-corrected chi connectivity index (χ0v) is 17.6. The summed E-state index contributed by atoms with van der Waals surface area (Å²) >= 11 is 1.40. The number of nitrogens with zero attached hydrogens (tertiary/aromatic N) is 3. The van der Waals surface area contributed by atoms with E-state index in [2.05, 4.69) is 4.57 Å². The van der Waals surface area contributed by atoms with Crippen molar-refractivity contribution in [1.29, 1.82) is 0 Å². The minimum Gasteiger partial charge on any atom is -0.380 e. The zero-order valence-electron chi connectivity index (χ0n) is 16.8. The van der Waals surface area contributed by atoms with Crippen molar-refractivity contribution in [2.75, 3.05) is 19.8 Å². The number of aromatic nitrogens is 1. The number of benzene rings is 2. The molecule has 0 unspecified atom stereocenters. The number of carbonyl (C=O) groups is 1. The van der Waals surface area contributed by atoms with E-state index in [0.29, 0.717) is 29.8 Å². The number of hydrogen-bond acceptors (Lipinski definition) is 4. The summed E-state index contributed by atoms with van der Waals surface area (Å²) in [6, 6.07) is 23.8. The summed E-state index contributed by atoms with van der Waals surface area (Å²) in [6.45, 7) is 3.52. The maximum Gasteiger partial charge on any atom is 0.266 e. The second-order valence-corrected chi connectivity index (χ2v) is 7.64. The molecule has 6 heteroatoms. The Morgan fingerprint density at radius 3 is 2.47 bits per heavy atom. The Morgan fingerprint density at radius 1 is 1.00 bits per heavy atom. The molecule has 2 aromatic carbocycles. The summed E-state index contributed by atoms with van der Waals surface area (Å²) in [7, 11) is 0. The summed E-state index contributed by atoms with van der Waals surface area (Å²) in [4.78, 5) is 20.2. The van der Waals surface area contributed by atoms with E-state index < -0.39 is 0 Å². The molecule has 1 amide bonds. The van der Waals surface area contributed by atoms with Crippen molar-refractivity contribution in [3.05, 3.63) is 89.6 Å². The third-order valence-corrected chi connectivity index (χ3v) is 5.63. The number of amidine groups is 1. The number of rotatable bonds is 7. The molecule has 5 nitrogen and oxygen atoms in total. The van der Waals surface area contributed by atoms with Gasteiger partial charge in [0.15, 0.2) is 5.17 Å². The maximum absolute atomic E-state index is 13.2. The van der Waals surface area contributed by atoms with E-state index >= 15 is 0 Å². The fourth-order valence-electron chi connectivity index (χ4n) is 3.17. The topological polar surface area (TPSA) is 46.8 Å². The molecule has 0 radical (unpaired) electrons. The number of carbonyl (C=O) groups excluding carboxylic acids is 1. The molecule has 0 aliphatic carbocycles. The molecule has 0 bridgehead atoms. The molecule has 1 aliphatic rings. The van der Waals surface area contributed by atoms with Gasteiger partial charge in [-0.1, -0.05) is 36.4 Å². The van der Waals surface area contributed by atoms with Crippen LogP contribution in [0.5, 0.6) is 0 Å². The number of ether oxygens (including phenoxy) is 1. The van der Waals surface area contributed by atoms with Crippen molar-refractivity contribution in [3.63, 3.8) is 0 Å². The Balaban J connectivity index is 1.65. The third kappa shape index (κ3) is 4.56. The lowest BCUT2D eigenvalue weighted by Crippen LogP contribution is -2.32. The van der Waals surface area contributed by atoms with Crippen molar-refractivity contribution >= 4 is 34.6 Å². The van der Waals surface area contributed by atoms with Crippen LogP contribution >= 0.6 is 11.8 Å². The van der Waals surface area contributed by atoms with Gasteiger partial charge in [-0.15, -0.1) is 0 Å². The number of aliphatic imine (C=N–C) groups is 1. The smallest absolute Gasteiger partial charge is 0.266 e. The summed E-state index contributed by atoms with van der Waals surface area (Å²) in [5.74, 6) is -0.0461. The van der Waals surface area contributed by atoms with Crippen molar-refractivity contribution in [3.8, 4) is 5.69 Å². The standard InChI is InChI=1S/C24H23N3O2S/c1-2-29-17-16-27-23(28)22(30-24(27)25-19-10-5-3-6-11-19)18-21-14-9-15-26(21)20-12-7-4-8-13-20/h3-15,18H,2,16-17H2,1H3/b22-18-,25-24?. The van der Waals surface area contributed by atoms with Gasteiger partial charge in [0.1, 0.15) is 0 Å². The molecule has 4 rings (SSSR count). The molecule has 0 N–H and O–H groups in total. The molecule has 0 saturated carbocycles. The van der Waals surface area contributed by atoms with Crippen LogP contribution in [-0.4, -0.2) is 40.3 Å². The maximum atomic E-state index is 13.2. The van der Waals surface area contributed by atoms with E-state index in [1.807, 2.05) is 92.0 Å². The molecule has 0 atom stereocenters. The predicted molar refractivity (Wildman–Crippen MR) is 123 cm³/mol. The number of para-hydroxylation sites is 2. The predicted octanol–water partition coefficient (Wildman–Crippen LogP) is 5.12. The third-order valence-electron chi connectivity index (χ3n) is 4.63. The average molecular weight is 418 g/mol. The van der Waals surface area contributed by atoms with Crippen LogP contribution in [0.15, 0.2) is 88.9 Å². The molecule has 30 heavy (non-hydrogen) atoms. The first-order valence-corrected chi connectivity index (χ1v) is 10.7. The number of amides is 1. The summed E-state index contributed by atoms with van der Waals surface area (Å²) in [5, 5.41) is 0.676. The fraction of sp³-hybridized carbons (Fsp3) is 0.167. The van der Waals surface area contributed by atoms with Gasteiger partial charge < -0.3 is 9.30 Å². The number of thioether (sulfide) groups is 1. The lowest BCUT2D eigenvalue weighted by molar-refractivity contribution is -0.122. The zero-order chi connectivity index (χ0) is 20.8. The quantitative estimate of drug-likeness (QED) is 0.396. The van der Waals surface area contributed by atoms with Gasteiger partial charge in [-0.05, 0) is 61.2 Å². The molecule has 2 heterocycles. The van der Waals surface area contributed by atoms with Crippen LogP contribution in [0.3, 0.4) is 0 Å². The molecule has 152 valence electrons. The van der Waals surface area contributed by atoms with Gasteiger partial charge in [-0.25, -0.2) is 4.99 Å². The molecule has 1 fully saturated rings. The minimum atomic E-state index is -0.0461. The number of hydrogen-bond donors (Lipinski definition) is 0. The Labute approximate surface area is 180 Å². The molecule has 1 aliphatic heterocycles. The Hall–Kier alpha value is -3.09. The van der Waals surface area contributed by atoms with E-state index in [1.165, 1.54) is 11.8 Å². The lowest BCUT2D eigenvalue weighted by atomic mass is 10.3. The van der Waals surface area contributed by atoms with Crippen molar-refractivity contribution in [2.24, 2.45) is 4.99 Å². The van der Waals surface area contributed by atoms with E-state index in [-0.39, 0.29) is 5.91 Å². The summed E-state index contributed by atoms with van der Waals surface area (Å²) in [6.07, 6.45) is 3.93. The molecule has 1 aromatic heterocycles. The SMILES string of the molecule is CCOCCN1C(=O)/C(=C/c2cccn2-c2ccccc2)SC1=Nc1ccccc1. The van der Waals surface area contributed by atoms with Crippen LogP contribution in [0.2, 0.25) is 0 Å². The first kappa shape index (κ1) is 20.2. The molecular formula is C24H23N3O2S. The van der Waals surface area contributed by atoms with E-state index in [1.54, 1.807) is 4.90 Å². The Morgan fingerprint density at radius 2 is 1.73 bits per heavy atom. The van der Waals surface area contributed by atoms with E-state index in [4.69, 9.17) is 9.73 Å². The molecule has 1 saturated heterocycles. The van der Waals surface area contributed by atoms with Crippen LogP contribution in [0.25, 0.3) is 11.8 Å². The monoisotopic (exact) mass is 417 g/mol.